The summed E-state index contributed by atoms with van der Waals surface area (Å²) in [5, 5.41) is 6.53. The molecule has 0 fully saturated rings. The summed E-state index contributed by atoms with van der Waals surface area (Å²) in [6.07, 6.45) is 3.29. The molecule has 14 heteroatoms. The van der Waals surface area contributed by atoms with Crippen LogP contribution in [0, 0.1) is 0 Å². The van der Waals surface area contributed by atoms with E-state index >= 15 is 0 Å². The van der Waals surface area contributed by atoms with Gasteiger partial charge in [0.25, 0.3) is 20.0 Å². The van der Waals surface area contributed by atoms with E-state index in [-0.39, 0.29) is 36.2 Å². The van der Waals surface area contributed by atoms with Gasteiger partial charge in [0.15, 0.2) is 0 Å². The first-order valence-corrected chi connectivity index (χ1v) is 18.8. The molecule has 0 aliphatic carbocycles. The van der Waals surface area contributed by atoms with Crippen molar-refractivity contribution in [2.45, 2.75) is 9.79 Å². The van der Waals surface area contributed by atoms with E-state index in [0.717, 1.165) is 11.1 Å². The molecule has 4 aromatic carbocycles. The van der Waals surface area contributed by atoms with Crippen LogP contribution in [0.4, 0.5) is 22.7 Å². The van der Waals surface area contributed by atoms with Crippen LogP contribution in [0.2, 0.25) is 0 Å². The van der Waals surface area contributed by atoms with Crippen molar-refractivity contribution in [1.82, 2.24) is 0 Å². The Kier molecular flexibility index (Phi) is 12.4. The maximum Gasteiger partial charge on any atom is 0.261 e. The summed E-state index contributed by atoms with van der Waals surface area (Å²) in [5.41, 5.74) is 3.52. The van der Waals surface area contributed by atoms with Crippen molar-refractivity contribution in [1.29, 1.82) is 0 Å². The predicted molar refractivity (Wildman–Crippen MR) is 197 cm³/mol. The highest BCUT2D eigenvalue weighted by Gasteiger charge is 2.17. The molecule has 4 N–H and O–H groups in total. The zero-order valence-electron chi connectivity index (χ0n) is 27.4. The number of ether oxygens (including phenoxy) is 4. The van der Waals surface area contributed by atoms with Crippen molar-refractivity contribution in [2.75, 3.05) is 72.8 Å². The van der Waals surface area contributed by atoms with E-state index in [1.54, 1.807) is 72.8 Å². The lowest BCUT2D eigenvalue weighted by atomic mass is 10.2. The summed E-state index contributed by atoms with van der Waals surface area (Å²) in [6, 6.07) is 22.8. The van der Waals surface area contributed by atoms with Crippen molar-refractivity contribution >= 4 is 54.9 Å². The molecule has 264 valence electrons. The number of rotatable bonds is 8. The largest absolute Gasteiger partial charge is 0.489 e. The Balaban J connectivity index is 1.22. The molecular formula is C36H40N4O8S2. The Hall–Kier alpha value is -5.02. The minimum absolute atomic E-state index is 0.129. The molecule has 1 heterocycles. The van der Waals surface area contributed by atoms with Crippen LogP contribution in [0.15, 0.2) is 108 Å². The molecule has 0 spiro atoms. The van der Waals surface area contributed by atoms with Gasteiger partial charge in [0.05, 0.1) is 59.0 Å². The topological polar surface area (TPSA) is 153 Å². The van der Waals surface area contributed by atoms with Gasteiger partial charge in [0.1, 0.15) is 24.7 Å². The van der Waals surface area contributed by atoms with Crippen LogP contribution < -0.4 is 29.6 Å². The van der Waals surface area contributed by atoms with Gasteiger partial charge in [-0.05, 0) is 71.8 Å². The van der Waals surface area contributed by atoms with Gasteiger partial charge in [-0.2, -0.15) is 0 Å². The van der Waals surface area contributed by atoms with E-state index in [9.17, 15) is 16.8 Å². The summed E-state index contributed by atoms with van der Waals surface area (Å²) in [5.74, 6) is 1.06. The lowest BCUT2D eigenvalue weighted by Gasteiger charge is -2.18. The average molecular weight is 721 g/mol. The highest BCUT2D eigenvalue weighted by Crippen LogP contribution is 2.31. The predicted octanol–water partition coefficient (Wildman–Crippen LogP) is 5.90. The molecule has 0 amide bonds. The first-order valence-electron chi connectivity index (χ1n) is 15.8. The quantitative estimate of drug-likeness (QED) is 0.173. The van der Waals surface area contributed by atoms with E-state index in [0.29, 0.717) is 60.6 Å². The summed E-state index contributed by atoms with van der Waals surface area (Å²) in [4.78, 5) is 0.258. The molecule has 0 saturated carbocycles. The molecule has 0 unspecified atom stereocenters. The van der Waals surface area contributed by atoms with Crippen LogP contribution in [-0.4, -0.2) is 69.6 Å². The minimum atomic E-state index is -3.83. The van der Waals surface area contributed by atoms with Crippen LogP contribution in [-0.2, 0) is 29.5 Å². The maximum absolute atomic E-state index is 13.0. The van der Waals surface area contributed by atoms with Gasteiger partial charge in [0, 0.05) is 13.1 Å². The average Bonchev–Trinajstić information content (AvgIpc) is 3.11. The second-order valence-corrected chi connectivity index (χ2v) is 14.3. The van der Waals surface area contributed by atoms with Crippen LogP contribution in [0.5, 0.6) is 11.5 Å². The fraction of sp³-hybridized carbons (Fsp3) is 0.222. The number of nitrogens with one attached hydrogen (secondary N) is 4. The van der Waals surface area contributed by atoms with Crippen LogP contribution in [0.25, 0.3) is 12.2 Å². The Labute approximate surface area is 293 Å². The van der Waals surface area contributed by atoms with Crippen molar-refractivity contribution in [3.05, 3.63) is 109 Å². The summed E-state index contributed by atoms with van der Waals surface area (Å²) in [6.45, 7) is 9.92. The molecule has 1 aliphatic rings. The van der Waals surface area contributed by atoms with Gasteiger partial charge in [-0.3, -0.25) is 9.44 Å². The zero-order valence-corrected chi connectivity index (χ0v) is 29.0. The fourth-order valence-electron chi connectivity index (χ4n) is 4.85. The first-order chi connectivity index (χ1) is 24.2. The van der Waals surface area contributed by atoms with Crippen molar-refractivity contribution in [2.24, 2.45) is 0 Å². The molecule has 12 nitrogen and oxygen atoms in total. The third-order valence-corrected chi connectivity index (χ3v) is 10.2. The Morgan fingerprint density at radius 2 is 0.940 bits per heavy atom. The number of hydrogen-bond donors (Lipinski definition) is 4. The third kappa shape index (κ3) is 10.0. The normalized spacial score (nSPS) is 14.7. The van der Waals surface area contributed by atoms with Crippen molar-refractivity contribution < 1.29 is 35.8 Å². The number of fused-ring (bicyclic) bond motifs is 2. The highest BCUT2D eigenvalue weighted by atomic mass is 32.2. The monoisotopic (exact) mass is 720 g/mol. The van der Waals surface area contributed by atoms with E-state index in [1.165, 1.54) is 24.3 Å². The van der Waals surface area contributed by atoms with Crippen molar-refractivity contribution in [3.63, 3.8) is 0 Å². The molecule has 1 aliphatic heterocycles. The van der Waals surface area contributed by atoms with Gasteiger partial charge in [-0.25, -0.2) is 16.8 Å². The second-order valence-electron chi connectivity index (χ2n) is 11.0. The third-order valence-electron chi connectivity index (χ3n) is 7.41. The van der Waals surface area contributed by atoms with E-state index in [2.05, 4.69) is 33.2 Å². The standard InChI is InChI=1S/C36H40N4O8S2/c1-3-27-5-11-31(12-6-27)49(41,42)39-29-9-15-35-33(25-29)37-17-19-45-20-18-38-34-26-30(10-16-36(34)48-24-22-46-21-23-47-35)40-50(43,44)32-13-7-28(4-2)8-14-32/h3-16,25-26,37-40H,1-2,17-24H2. The van der Waals surface area contributed by atoms with Crippen LogP contribution in [0.3, 0.4) is 0 Å². The van der Waals surface area contributed by atoms with Gasteiger partial charge >= 0.3 is 0 Å². The molecule has 0 radical (unpaired) electrons. The molecule has 4 aromatic rings. The number of sulfonamides is 2. The summed E-state index contributed by atoms with van der Waals surface area (Å²) in [7, 11) is -7.66. The zero-order chi connectivity index (χ0) is 35.4. The smallest absolute Gasteiger partial charge is 0.261 e. The molecule has 0 bridgehead atoms. The van der Waals surface area contributed by atoms with E-state index in [1.807, 2.05) is 0 Å². The Morgan fingerprint density at radius 1 is 0.540 bits per heavy atom. The van der Waals surface area contributed by atoms with Crippen LogP contribution in [0.1, 0.15) is 11.1 Å². The minimum Gasteiger partial charge on any atom is -0.489 e. The Bertz CT molecular complexity index is 1840. The number of benzene rings is 4. The second kappa shape index (κ2) is 17.1. The van der Waals surface area contributed by atoms with E-state index < -0.39 is 20.0 Å². The van der Waals surface area contributed by atoms with Gasteiger partial charge < -0.3 is 29.6 Å². The fourth-order valence-corrected chi connectivity index (χ4v) is 6.95. The van der Waals surface area contributed by atoms with Crippen LogP contribution >= 0.6 is 0 Å². The lowest BCUT2D eigenvalue weighted by molar-refractivity contribution is 0.0767. The maximum atomic E-state index is 13.0. The number of hydrogen-bond acceptors (Lipinski definition) is 10. The van der Waals surface area contributed by atoms with Crippen molar-refractivity contribution in [3.8, 4) is 11.5 Å². The van der Waals surface area contributed by atoms with E-state index in [4.69, 9.17) is 18.9 Å². The molecule has 0 saturated heterocycles. The molecule has 50 heavy (non-hydrogen) atoms. The lowest BCUT2D eigenvalue weighted by Crippen LogP contribution is -2.18. The number of anilines is 4. The Morgan fingerprint density at radius 3 is 1.34 bits per heavy atom. The first kappa shape index (κ1) is 36.3. The molecule has 0 aromatic heterocycles. The highest BCUT2D eigenvalue weighted by molar-refractivity contribution is 7.93. The molecule has 5 rings (SSSR count). The summed E-state index contributed by atoms with van der Waals surface area (Å²) < 4.78 is 80.8. The summed E-state index contributed by atoms with van der Waals surface area (Å²) >= 11 is 0. The SMILES string of the molecule is C=Cc1ccc(S(=O)(=O)Nc2ccc3c(c2)NCCOCCNc2cc(NS(=O)(=O)c4ccc(C=C)cc4)ccc2OCCOCCO3)cc1. The van der Waals surface area contributed by atoms with Gasteiger partial charge in [0.2, 0.25) is 0 Å². The van der Waals surface area contributed by atoms with Gasteiger partial charge in [-0.1, -0.05) is 49.6 Å². The molecule has 0 atom stereocenters. The molecular weight excluding hydrogens is 681 g/mol. The van der Waals surface area contributed by atoms with Gasteiger partial charge in [-0.15, -0.1) is 0 Å².